The van der Waals surface area contributed by atoms with Crippen molar-refractivity contribution < 1.29 is 28.1 Å². The number of nitrogens with one attached hydrogen (secondary N) is 2. The second-order valence-electron chi connectivity index (χ2n) is 10.8. The number of fused-ring (bicyclic) bond motifs is 1. The summed E-state index contributed by atoms with van der Waals surface area (Å²) in [6.45, 7) is 12.2. The third kappa shape index (κ3) is 14.1. The monoisotopic (exact) mass is 614 g/mol. The predicted octanol–water partition coefficient (Wildman–Crippen LogP) is 5.93. The summed E-state index contributed by atoms with van der Waals surface area (Å²) in [7, 11) is 2.11. The van der Waals surface area contributed by atoms with Gasteiger partial charge < -0.3 is 30.5 Å². The smallest absolute Gasteiger partial charge is 0.379 e. The van der Waals surface area contributed by atoms with Crippen molar-refractivity contribution in [3.63, 3.8) is 0 Å². The summed E-state index contributed by atoms with van der Waals surface area (Å²) in [6.07, 6.45) is -1.14. The van der Waals surface area contributed by atoms with Gasteiger partial charge in [0.1, 0.15) is 17.4 Å². The summed E-state index contributed by atoms with van der Waals surface area (Å²) in [5.74, 6) is -0.479. The Balaban J connectivity index is 0.000000426. The molecule has 236 valence electrons. The van der Waals surface area contributed by atoms with Crippen LogP contribution in [0.5, 0.6) is 0 Å². The van der Waals surface area contributed by atoms with Crippen LogP contribution in [-0.2, 0) is 4.74 Å². The molecule has 0 bridgehead atoms. The van der Waals surface area contributed by atoms with E-state index >= 15 is 0 Å². The molecular formula is C29H45F3N6O3S. The van der Waals surface area contributed by atoms with Gasteiger partial charge in [-0.15, -0.1) is 11.3 Å². The molecule has 0 amide bonds. The molecule has 42 heavy (non-hydrogen) atoms. The Morgan fingerprint density at radius 2 is 1.69 bits per heavy atom. The molecule has 4 rings (SSSR count). The maximum atomic E-state index is 12.6. The van der Waals surface area contributed by atoms with Gasteiger partial charge in [0.05, 0.1) is 34.7 Å². The number of ether oxygens (including phenoxy) is 1. The van der Waals surface area contributed by atoms with Gasteiger partial charge >= 0.3 is 6.18 Å². The highest BCUT2D eigenvalue weighted by Gasteiger charge is 2.27. The Morgan fingerprint density at radius 1 is 1.05 bits per heavy atom. The molecule has 1 aromatic carbocycles. The summed E-state index contributed by atoms with van der Waals surface area (Å²) < 4.78 is 44.0. The summed E-state index contributed by atoms with van der Waals surface area (Å²) >= 11 is 1.52. The van der Waals surface area contributed by atoms with Gasteiger partial charge in [0.2, 0.25) is 5.95 Å². The van der Waals surface area contributed by atoms with Crippen LogP contribution in [0, 0.1) is 12.8 Å². The number of nitrogens with zero attached hydrogens (tertiary/aromatic N) is 4. The fourth-order valence-electron chi connectivity index (χ4n) is 3.92. The van der Waals surface area contributed by atoms with Gasteiger partial charge in [-0.1, -0.05) is 38.8 Å². The van der Waals surface area contributed by atoms with E-state index in [1.165, 1.54) is 25.2 Å². The van der Waals surface area contributed by atoms with E-state index in [1.54, 1.807) is 6.92 Å². The molecule has 3 heterocycles. The van der Waals surface area contributed by atoms with E-state index in [4.69, 9.17) is 19.9 Å². The Hall–Kier alpha value is -2.58. The van der Waals surface area contributed by atoms with Crippen LogP contribution in [0.4, 0.5) is 24.9 Å². The van der Waals surface area contributed by atoms with Crippen LogP contribution in [0.2, 0.25) is 0 Å². The second kappa shape index (κ2) is 16.9. The number of rotatable bonds is 9. The van der Waals surface area contributed by atoms with Crippen LogP contribution in [-0.4, -0.2) is 88.5 Å². The van der Waals surface area contributed by atoms with Crippen molar-refractivity contribution in [1.29, 1.82) is 0 Å². The largest absolute Gasteiger partial charge is 0.405 e. The van der Waals surface area contributed by atoms with Crippen LogP contribution in [0.25, 0.3) is 20.8 Å². The third-order valence-electron chi connectivity index (χ3n) is 5.99. The summed E-state index contributed by atoms with van der Waals surface area (Å²) in [5, 5.41) is 22.5. The van der Waals surface area contributed by atoms with Crippen molar-refractivity contribution in [3.8, 4) is 10.6 Å². The molecule has 9 nitrogen and oxygen atoms in total. The summed E-state index contributed by atoms with van der Waals surface area (Å²) in [5.41, 5.74) is 2.19. The van der Waals surface area contributed by atoms with Crippen molar-refractivity contribution in [3.05, 3.63) is 30.0 Å². The lowest BCUT2D eigenvalue weighted by Crippen LogP contribution is -2.32. The molecule has 2 aromatic heterocycles. The van der Waals surface area contributed by atoms with Gasteiger partial charge in [0.15, 0.2) is 5.79 Å². The Labute approximate surface area is 250 Å². The molecule has 0 saturated carbocycles. The number of halogens is 3. The standard InChI is InChI=1S/C21H26F3N5S.C5H11NO.C3H8O2/c1-4-7-13(2)10-11-25-18-17(19-28-15-8-5-6-9-16(15)30-19)14(3)27-20(29-18)26-12-21(22,23)24;1-6-2-4-7-5-3-6;1-3(2,4)5/h5-6,8-9,13H,4,7,10-12H2,1-3H3,(H2,25,26,27,29);2-5H2,1H3;4-5H,1-2H3. The number of hydrogen-bond donors (Lipinski definition) is 4. The number of benzene rings is 1. The molecule has 1 aliphatic rings. The lowest BCUT2D eigenvalue weighted by atomic mass is 10.0. The minimum atomic E-state index is -4.34. The zero-order valence-corrected chi connectivity index (χ0v) is 26.2. The van der Waals surface area contributed by atoms with Crippen molar-refractivity contribution in [2.75, 3.05) is 57.1 Å². The number of likely N-dealkylation sites (N-methyl/N-ethyl adjacent to an activating group) is 1. The third-order valence-corrected chi connectivity index (χ3v) is 7.04. The van der Waals surface area contributed by atoms with Crippen LogP contribution < -0.4 is 10.6 Å². The highest BCUT2D eigenvalue weighted by Crippen LogP contribution is 2.36. The molecule has 13 heteroatoms. The summed E-state index contributed by atoms with van der Waals surface area (Å²) in [6, 6.07) is 7.80. The number of hydrogen-bond acceptors (Lipinski definition) is 10. The molecule has 1 aliphatic heterocycles. The normalized spacial score (nSPS) is 14.8. The van der Waals surface area contributed by atoms with Crippen molar-refractivity contribution in [1.82, 2.24) is 19.9 Å². The molecule has 4 N–H and O–H groups in total. The summed E-state index contributed by atoms with van der Waals surface area (Å²) in [4.78, 5) is 15.6. The molecule has 0 radical (unpaired) electrons. The number of aryl methyl sites for hydroxylation is 1. The molecule has 3 aromatic rings. The van der Waals surface area contributed by atoms with Gasteiger partial charge in [0, 0.05) is 19.6 Å². The second-order valence-corrected chi connectivity index (χ2v) is 11.9. The number of aromatic nitrogens is 3. The van der Waals surface area contributed by atoms with Crippen LogP contribution in [0.1, 0.15) is 52.7 Å². The van der Waals surface area contributed by atoms with Gasteiger partial charge in [-0.2, -0.15) is 18.2 Å². The van der Waals surface area contributed by atoms with Crippen LogP contribution in [0.3, 0.4) is 0 Å². The lowest BCUT2D eigenvalue weighted by Gasteiger charge is -2.21. The molecule has 0 aliphatic carbocycles. The minimum Gasteiger partial charge on any atom is -0.379 e. The van der Waals surface area contributed by atoms with Crippen LogP contribution >= 0.6 is 11.3 Å². The number of alkyl halides is 3. The first-order valence-corrected chi connectivity index (χ1v) is 15.0. The molecule has 1 atom stereocenters. The fourth-order valence-corrected chi connectivity index (χ4v) is 4.99. The quantitative estimate of drug-likeness (QED) is 0.218. The first-order chi connectivity index (χ1) is 19.7. The van der Waals surface area contributed by atoms with Gasteiger partial charge in [-0.05, 0) is 52.3 Å². The topological polar surface area (TPSA) is 116 Å². The fraction of sp³-hybridized carbons (Fsp3) is 0.621. The van der Waals surface area contributed by atoms with Gasteiger partial charge in [0.25, 0.3) is 0 Å². The van der Waals surface area contributed by atoms with E-state index < -0.39 is 18.5 Å². The first-order valence-electron chi connectivity index (χ1n) is 14.2. The van der Waals surface area contributed by atoms with E-state index in [2.05, 4.69) is 46.4 Å². The lowest BCUT2D eigenvalue weighted by molar-refractivity contribution is -0.127. The Morgan fingerprint density at radius 3 is 2.24 bits per heavy atom. The molecule has 1 unspecified atom stereocenters. The number of para-hydroxylation sites is 1. The van der Waals surface area contributed by atoms with Gasteiger partial charge in [-0.25, -0.2) is 9.97 Å². The van der Waals surface area contributed by atoms with E-state index in [0.717, 1.165) is 66.4 Å². The molecule has 1 saturated heterocycles. The Kier molecular flexibility index (Phi) is 14.3. The number of thiazole rings is 1. The van der Waals surface area contributed by atoms with Crippen molar-refractivity contribution in [2.24, 2.45) is 5.92 Å². The van der Waals surface area contributed by atoms with E-state index in [9.17, 15) is 13.2 Å². The number of anilines is 2. The maximum Gasteiger partial charge on any atom is 0.405 e. The van der Waals surface area contributed by atoms with E-state index in [0.29, 0.717) is 24.0 Å². The SMILES string of the molecule is CC(C)(O)O.CCCC(C)CCNc1nc(NCC(F)(F)F)nc(C)c1-c1nc2ccccc2s1.CN1CCOCC1. The van der Waals surface area contributed by atoms with Gasteiger partial charge in [-0.3, -0.25) is 0 Å². The highest BCUT2D eigenvalue weighted by molar-refractivity contribution is 7.21. The molecular weight excluding hydrogens is 569 g/mol. The van der Waals surface area contributed by atoms with Crippen LogP contribution in [0.15, 0.2) is 24.3 Å². The zero-order chi connectivity index (χ0) is 31.3. The van der Waals surface area contributed by atoms with E-state index in [1.807, 2.05) is 24.3 Å². The average molecular weight is 615 g/mol. The maximum absolute atomic E-state index is 12.6. The highest BCUT2D eigenvalue weighted by atomic mass is 32.1. The minimum absolute atomic E-state index is 0.0428. The molecule has 1 fully saturated rings. The van der Waals surface area contributed by atoms with E-state index in [-0.39, 0.29) is 5.95 Å². The number of morpholine rings is 1. The average Bonchev–Trinajstić information content (AvgIpc) is 3.31. The van der Waals surface area contributed by atoms with Crippen molar-refractivity contribution >= 4 is 33.3 Å². The van der Waals surface area contributed by atoms with Crippen molar-refractivity contribution in [2.45, 2.75) is 65.8 Å². The molecule has 0 spiro atoms. The first kappa shape index (κ1) is 35.6. The number of aliphatic hydroxyl groups is 2. The Bertz CT molecular complexity index is 1170. The zero-order valence-electron chi connectivity index (χ0n) is 25.4. The predicted molar refractivity (Wildman–Crippen MR) is 164 cm³/mol.